The van der Waals surface area contributed by atoms with Gasteiger partial charge in [-0.3, -0.25) is 0 Å². The number of hydrogen-bond donors (Lipinski definition) is 1. The molecule has 0 fully saturated rings. The van der Waals surface area contributed by atoms with Crippen molar-refractivity contribution >= 4 is 15.9 Å². The number of nitrogens with zero attached hydrogens (tertiary/aromatic N) is 2. The normalized spacial score (nSPS) is 12.4. The van der Waals surface area contributed by atoms with Crippen LogP contribution in [0.2, 0.25) is 0 Å². The summed E-state index contributed by atoms with van der Waals surface area (Å²) in [6, 6.07) is 6.06. The predicted octanol–water partition coefficient (Wildman–Crippen LogP) is 2.61. The minimum Gasteiger partial charge on any atom is -0.483 e. The predicted molar refractivity (Wildman–Crippen MR) is 74.9 cm³/mol. The summed E-state index contributed by atoms with van der Waals surface area (Å²) in [5.41, 5.74) is 6.94. The maximum absolute atomic E-state index is 5.78. The third-order valence-electron chi connectivity index (χ3n) is 2.47. The quantitative estimate of drug-likeness (QED) is 0.914. The Kier molecular flexibility index (Phi) is 4.55. The summed E-state index contributed by atoms with van der Waals surface area (Å²) in [7, 11) is 0. The molecule has 6 heteroatoms. The Hall–Kier alpha value is -1.40. The molecule has 1 aromatic carbocycles. The van der Waals surface area contributed by atoms with Crippen molar-refractivity contribution in [3.8, 4) is 5.75 Å². The zero-order chi connectivity index (χ0) is 13.8. The highest BCUT2D eigenvalue weighted by Crippen LogP contribution is 2.27. The average Bonchev–Trinajstić information content (AvgIpc) is 2.73. The van der Waals surface area contributed by atoms with Crippen LogP contribution in [0.15, 0.2) is 27.2 Å². The molecule has 0 saturated carbocycles. The van der Waals surface area contributed by atoms with E-state index in [0.29, 0.717) is 11.7 Å². The Labute approximate surface area is 120 Å². The lowest BCUT2D eigenvalue weighted by molar-refractivity contribution is 0.241. The van der Waals surface area contributed by atoms with Crippen molar-refractivity contribution in [3.05, 3.63) is 40.0 Å². The van der Waals surface area contributed by atoms with E-state index in [1.54, 1.807) is 6.92 Å². The molecule has 102 valence electrons. The van der Waals surface area contributed by atoms with E-state index in [9.17, 15) is 0 Å². The fraction of sp³-hybridized carbons (Fsp3) is 0.385. The van der Waals surface area contributed by atoms with Crippen molar-refractivity contribution in [1.29, 1.82) is 0 Å². The average molecular weight is 326 g/mol. The van der Waals surface area contributed by atoms with Crippen LogP contribution in [0.4, 0.5) is 0 Å². The highest BCUT2D eigenvalue weighted by atomic mass is 79.9. The lowest BCUT2D eigenvalue weighted by atomic mass is 10.1. The van der Waals surface area contributed by atoms with Gasteiger partial charge in [0.15, 0.2) is 12.4 Å². The van der Waals surface area contributed by atoms with Gasteiger partial charge in [0, 0.05) is 6.04 Å². The molecule has 19 heavy (non-hydrogen) atoms. The first-order valence-corrected chi connectivity index (χ1v) is 6.80. The minimum absolute atomic E-state index is 0.139. The van der Waals surface area contributed by atoms with Gasteiger partial charge < -0.3 is 15.0 Å². The number of nitrogens with two attached hydrogens (primary N) is 1. The summed E-state index contributed by atoms with van der Waals surface area (Å²) in [6.07, 6.45) is 0.835. The third kappa shape index (κ3) is 4.04. The largest absolute Gasteiger partial charge is 0.483 e. The van der Waals surface area contributed by atoms with Gasteiger partial charge in [0.05, 0.1) is 4.47 Å². The fourth-order valence-electron chi connectivity index (χ4n) is 1.70. The van der Waals surface area contributed by atoms with E-state index in [4.69, 9.17) is 15.0 Å². The van der Waals surface area contributed by atoms with Gasteiger partial charge in [-0.2, -0.15) is 4.98 Å². The highest BCUT2D eigenvalue weighted by molar-refractivity contribution is 9.10. The molecular weight excluding hydrogens is 310 g/mol. The zero-order valence-electron chi connectivity index (χ0n) is 10.9. The summed E-state index contributed by atoms with van der Waals surface area (Å²) < 4.78 is 11.5. The molecule has 0 saturated heterocycles. The van der Waals surface area contributed by atoms with E-state index in [0.717, 1.165) is 16.6 Å². The molecule has 2 rings (SSSR count). The molecule has 0 spiro atoms. The molecule has 2 aromatic rings. The Morgan fingerprint density at radius 3 is 2.84 bits per heavy atom. The van der Waals surface area contributed by atoms with Gasteiger partial charge in [0.1, 0.15) is 5.75 Å². The van der Waals surface area contributed by atoms with E-state index in [1.807, 2.05) is 25.1 Å². The van der Waals surface area contributed by atoms with Crippen LogP contribution in [0.25, 0.3) is 0 Å². The van der Waals surface area contributed by atoms with Crippen molar-refractivity contribution in [1.82, 2.24) is 10.1 Å². The van der Waals surface area contributed by atoms with Crippen molar-refractivity contribution in [2.75, 3.05) is 0 Å². The summed E-state index contributed by atoms with van der Waals surface area (Å²) in [4.78, 5) is 4.08. The van der Waals surface area contributed by atoms with Gasteiger partial charge in [-0.05, 0) is 53.9 Å². The van der Waals surface area contributed by atoms with E-state index < -0.39 is 0 Å². The lowest BCUT2D eigenvalue weighted by Crippen LogP contribution is -2.17. The molecular formula is C13H16BrN3O2. The van der Waals surface area contributed by atoms with Crippen LogP contribution in [-0.4, -0.2) is 16.2 Å². The summed E-state index contributed by atoms with van der Waals surface area (Å²) in [6.45, 7) is 4.01. The van der Waals surface area contributed by atoms with Crippen LogP contribution in [-0.2, 0) is 13.0 Å². The topological polar surface area (TPSA) is 74.2 Å². The second kappa shape index (κ2) is 6.16. The number of halogens is 1. The van der Waals surface area contributed by atoms with E-state index in [1.165, 1.54) is 5.56 Å². The summed E-state index contributed by atoms with van der Waals surface area (Å²) in [5, 5.41) is 3.71. The first-order valence-electron chi connectivity index (χ1n) is 6.00. The molecule has 0 aliphatic rings. The van der Waals surface area contributed by atoms with Gasteiger partial charge >= 0.3 is 0 Å². The van der Waals surface area contributed by atoms with Crippen LogP contribution < -0.4 is 10.5 Å². The maximum Gasteiger partial charge on any atom is 0.264 e. The fourth-order valence-corrected chi connectivity index (χ4v) is 2.24. The number of aryl methyl sites for hydroxylation is 1. The first-order chi connectivity index (χ1) is 9.04. The van der Waals surface area contributed by atoms with Crippen molar-refractivity contribution in [2.45, 2.75) is 32.9 Å². The number of aromatic nitrogens is 2. The van der Waals surface area contributed by atoms with Crippen LogP contribution in [0.5, 0.6) is 5.75 Å². The number of rotatable bonds is 5. The summed E-state index contributed by atoms with van der Waals surface area (Å²) >= 11 is 3.48. The molecule has 2 N–H and O–H groups in total. The van der Waals surface area contributed by atoms with E-state index >= 15 is 0 Å². The summed E-state index contributed by atoms with van der Waals surface area (Å²) in [5.74, 6) is 1.80. The van der Waals surface area contributed by atoms with Crippen LogP contribution in [0, 0.1) is 6.92 Å². The third-order valence-corrected chi connectivity index (χ3v) is 3.09. The molecule has 0 radical (unpaired) electrons. The smallest absolute Gasteiger partial charge is 0.264 e. The van der Waals surface area contributed by atoms with Crippen LogP contribution in [0.3, 0.4) is 0 Å². The maximum atomic E-state index is 5.78. The molecule has 1 atom stereocenters. The second-order valence-corrected chi connectivity index (χ2v) is 5.32. The number of benzene rings is 1. The highest BCUT2D eigenvalue weighted by Gasteiger charge is 2.07. The molecule has 1 aromatic heterocycles. The standard InChI is InChI=1S/C13H16BrN3O2/c1-8(15)5-10-3-4-12(11(14)6-10)18-7-13-16-9(2)17-19-13/h3-4,6,8H,5,7,15H2,1-2H3. The molecule has 0 amide bonds. The van der Waals surface area contributed by atoms with Crippen LogP contribution >= 0.6 is 15.9 Å². The second-order valence-electron chi connectivity index (χ2n) is 4.47. The molecule has 0 bridgehead atoms. The molecule has 0 aliphatic heterocycles. The zero-order valence-corrected chi connectivity index (χ0v) is 12.5. The van der Waals surface area contributed by atoms with Crippen molar-refractivity contribution < 1.29 is 9.26 Å². The molecule has 1 unspecified atom stereocenters. The Balaban J connectivity index is 2.00. The van der Waals surface area contributed by atoms with E-state index in [-0.39, 0.29) is 12.6 Å². The van der Waals surface area contributed by atoms with Crippen molar-refractivity contribution in [3.63, 3.8) is 0 Å². The van der Waals surface area contributed by atoms with Gasteiger partial charge in [0.2, 0.25) is 0 Å². The number of hydrogen-bond acceptors (Lipinski definition) is 5. The van der Waals surface area contributed by atoms with Gasteiger partial charge in [0.25, 0.3) is 5.89 Å². The monoisotopic (exact) mass is 325 g/mol. The minimum atomic E-state index is 0.139. The molecule has 0 aliphatic carbocycles. The van der Waals surface area contributed by atoms with E-state index in [2.05, 4.69) is 26.1 Å². The Bertz CT molecular complexity index is 555. The van der Waals surface area contributed by atoms with Gasteiger partial charge in [-0.1, -0.05) is 11.2 Å². The van der Waals surface area contributed by atoms with Gasteiger partial charge in [-0.15, -0.1) is 0 Å². The lowest BCUT2D eigenvalue weighted by Gasteiger charge is -2.09. The Morgan fingerprint density at radius 2 is 2.26 bits per heavy atom. The SMILES string of the molecule is Cc1noc(COc2ccc(CC(C)N)cc2Br)n1. The van der Waals surface area contributed by atoms with Gasteiger partial charge in [-0.25, -0.2) is 0 Å². The first kappa shape index (κ1) is 14.0. The Morgan fingerprint density at radius 1 is 1.47 bits per heavy atom. The number of ether oxygens (including phenoxy) is 1. The molecule has 5 nitrogen and oxygen atoms in total. The molecule has 1 heterocycles. The van der Waals surface area contributed by atoms with Crippen molar-refractivity contribution in [2.24, 2.45) is 5.73 Å². The van der Waals surface area contributed by atoms with Crippen LogP contribution in [0.1, 0.15) is 24.2 Å².